The number of methoxy groups -OCH3 is 2. The smallest absolute Gasteiger partial charge is 0.270 e. The molecule has 242 valence electrons. The molecule has 45 heavy (non-hydrogen) atoms. The zero-order valence-electron chi connectivity index (χ0n) is 26.1. The van der Waals surface area contributed by atoms with Gasteiger partial charge in [-0.05, 0) is 75.4 Å². The Morgan fingerprint density at radius 2 is 1.82 bits per heavy atom. The second-order valence-electron chi connectivity index (χ2n) is 13.0. The number of likely N-dealkylation sites (tertiary alicyclic amines) is 1. The highest BCUT2D eigenvalue weighted by molar-refractivity contribution is 6.01. The normalized spacial score (nSPS) is 22.5. The second-order valence-corrected chi connectivity index (χ2v) is 13.0. The number of anilines is 2. The van der Waals surface area contributed by atoms with Crippen LogP contribution in [0.2, 0.25) is 0 Å². The van der Waals surface area contributed by atoms with Gasteiger partial charge < -0.3 is 29.9 Å². The average Bonchev–Trinajstić information content (AvgIpc) is 3.03. The van der Waals surface area contributed by atoms with Crippen LogP contribution < -0.4 is 30.3 Å². The van der Waals surface area contributed by atoms with Gasteiger partial charge in [-0.3, -0.25) is 24.7 Å². The summed E-state index contributed by atoms with van der Waals surface area (Å²) in [6.45, 7) is 4.75. The van der Waals surface area contributed by atoms with Crippen molar-refractivity contribution in [1.29, 1.82) is 0 Å². The Balaban J connectivity index is 0.943. The molecule has 11 nitrogen and oxygen atoms in total. The first-order valence-electron chi connectivity index (χ1n) is 16.0. The minimum absolute atomic E-state index is 0.143. The van der Waals surface area contributed by atoms with Crippen molar-refractivity contribution in [2.24, 2.45) is 11.3 Å². The molecular formula is C33H43FN6O5. The third-order valence-corrected chi connectivity index (χ3v) is 10.1. The van der Waals surface area contributed by atoms with Crippen LogP contribution >= 0.6 is 0 Å². The molecule has 4 fully saturated rings. The van der Waals surface area contributed by atoms with E-state index < -0.39 is 11.9 Å². The van der Waals surface area contributed by atoms with Gasteiger partial charge in [0.15, 0.2) is 0 Å². The van der Waals surface area contributed by atoms with Crippen LogP contribution in [-0.2, 0) is 9.59 Å². The molecule has 12 heteroatoms. The van der Waals surface area contributed by atoms with Crippen molar-refractivity contribution in [3.8, 4) is 11.5 Å². The number of piperidine rings is 3. The zero-order valence-corrected chi connectivity index (χ0v) is 26.1. The summed E-state index contributed by atoms with van der Waals surface area (Å²) in [6.07, 6.45) is 8.51. The van der Waals surface area contributed by atoms with E-state index in [1.807, 2.05) is 0 Å². The fourth-order valence-electron chi connectivity index (χ4n) is 7.43. The number of nitrogens with zero attached hydrogens (tertiary/aromatic N) is 3. The Morgan fingerprint density at radius 1 is 1.07 bits per heavy atom. The molecule has 4 heterocycles. The minimum Gasteiger partial charge on any atom is -0.497 e. The van der Waals surface area contributed by atoms with Crippen molar-refractivity contribution in [2.45, 2.75) is 63.5 Å². The number of carbonyl (C=O) groups excluding carboxylic acids is 3. The van der Waals surface area contributed by atoms with Crippen LogP contribution in [0, 0.1) is 17.2 Å². The molecule has 4 aliphatic rings. The molecule has 1 saturated carbocycles. The van der Waals surface area contributed by atoms with Crippen molar-refractivity contribution in [3.05, 3.63) is 42.0 Å². The molecule has 0 bridgehead atoms. The summed E-state index contributed by atoms with van der Waals surface area (Å²) >= 11 is 0. The van der Waals surface area contributed by atoms with Crippen LogP contribution in [0.4, 0.5) is 15.8 Å². The molecule has 2 aromatic rings. The van der Waals surface area contributed by atoms with E-state index in [4.69, 9.17) is 9.47 Å². The highest BCUT2D eigenvalue weighted by Crippen LogP contribution is 2.49. The highest BCUT2D eigenvalue weighted by Gasteiger charge is 2.46. The van der Waals surface area contributed by atoms with Gasteiger partial charge in [-0.1, -0.05) is 0 Å². The van der Waals surface area contributed by atoms with Gasteiger partial charge in [-0.25, -0.2) is 4.39 Å². The summed E-state index contributed by atoms with van der Waals surface area (Å²) in [5, 5.41) is 8.51. The van der Waals surface area contributed by atoms with E-state index in [-0.39, 0.29) is 30.1 Å². The number of ether oxygens (including phenoxy) is 2. The number of rotatable bonds is 9. The third-order valence-electron chi connectivity index (χ3n) is 10.1. The number of hydrogen-bond acceptors (Lipinski definition) is 9. The molecule has 1 spiro atoms. The fraction of sp³-hybridized carbons (Fsp3) is 0.576. The Kier molecular flexibility index (Phi) is 9.11. The summed E-state index contributed by atoms with van der Waals surface area (Å²) in [5.41, 5.74) is 1.62. The van der Waals surface area contributed by atoms with Crippen molar-refractivity contribution >= 4 is 29.1 Å². The van der Waals surface area contributed by atoms with Crippen LogP contribution in [0.25, 0.3) is 0 Å². The van der Waals surface area contributed by atoms with Crippen LogP contribution in [0.1, 0.15) is 61.9 Å². The SMILES string of the molecule is COc1ccnc(C(=O)NC2CC3(CCN(CC4CCN(c5cc(OC)c(NC6CCC(=O)NC6=O)cc5F)CC4)CC3)C2)c1. The molecule has 6 rings (SSSR count). The average molecular weight is 623 g/mol. The number of aromatic nitrogens is 1. The van der Waals surface area contributed by atoms with Crippen molar-refractivity contribution in [1.82, 2.24) is 20.5 Å². The van der Waals surface area contributed by atoms with E-state index in [0.717, 1.165) is 71.2 Å². The Morgan fingerprint density at radius 3 is 2.51 bits per heavy atom. The van der Waals surface area contributed by atoms with Gasteiger partial charge in [0, 0.05) is 56.5 Å². The Hall–Kier alpha value is -3.93. The van der Waals surface area contributed by atoms with E-state index >= 15 is 4.39 Å². The van der Waals surface area contributed by atoms with Crippen LogP contribution in [0.5, 0.6) is 11.5 Å². The van der Waals surface area contributed by atoms with Crippen LogP contribution in [0.3, 0.4) is 0 Å². The first kappa shape index (κ1) is 31.1. The number of halogens is 1. The van der Waals surface area contributed by atoms with Gasteiger partial charge in [0.2, 0.25) is 11.8 Å². The van der Waals surface area contributed by atoms with E-state index in [0.29, 0.717) is 46.3 Å². The maximum absolute atomic E-state index is 15.3. The third kappa shape index (κ3) is 7.00. The number of hydrogen-bond donors (Lipinski definition) is 3. The lowest BCUT2D eigenvalue weighted by molar-refractivity contribution is -0.133. The van der Waals surface area contributed by atoms with E-state index in [9.17, 15) is 14.4 Å². The van der Waals surface area contributed by atoms with Crippen LogP contribution in [-0.4, -0.2) is 86.6 Å². The van der Waals surface area contributed by atoms with Crippen molar-refractivity contribution in [3.63, 3.8) is 0 Å². The van der Waals surface area contributed by atoms with E-state index in [1.165, 1.54) is 13.2 Å². The Labute approximate surface area is 263 Å². The van der Waals surface area contributed by atoms with E-state index in [2.05, 4.69) is 30.7 Å². The van der Waals surface area contributed by atoms with Gasteiger partial charge in [0.25, 0.3) is 5.91 Å². The first-order chi connectivity index (χ1) is 21.7. The van der Waals surface area contributed by atoms with Gasteiger partial charge in [0.05, 0.1) is 25.6 Å². The summed E-state index contributed by atoms with van der Waals surface area (Å²) in [5.74, 6) is 0.453. The van der Waals surface area contributed by atoms with E-state index in [1.54, 1.807) is 31.5 Å². The van der Waals surface area contributed by atoms with Gasteiger partial charge in [-0.2, -0.15) is 0 Å². The van der Waals surface area contributed by atoms with Crippen molar-refractivity contribution < 1.29 is 28.2 Å². The minimum atomic E-state index is -0.615. The molecule has 1 aliphatic carbocycles. The molecule has 1 atom stereocenters. The molecule has 0 radical (unpaired) electrons. The maximum Gasteiger partial charge on any atom is 0.270 e. The second kappa shape index (κ2) is 13.2. The molecule has 3 amide bonds. The monoisotopic (exact) mass is 622 g/mol. The number of pyridine rings is 1. The standard InChI is InChI=1S/C33H43FN6O5/c1-44-23-5-10-35-27(15-23)32(43)36-22-18-33(19-22)8-13-39(14-9-33)20-21-6-11-40(12-7-21)28-17-29(45-2)26(16-24(28)34)37-25-3-4-30(41)38-31(25)42/h5,10,15-17,21-22,25,37H,3-4,6-9,11-14,18-20H2,1-2H3,(H,36,43)(H,38,41,42). The summed E-state index contributed by atoms with van der Waals surface area (Å²) in [6, 6.07) is 6.07. The number of carbonyl (C=O) groups is 3. The lowest BCUT2D eigenvalue weighted by Crippen LogP contribution is -2.55. The molecule has 1 unspecified atom stereocenters. The predicted octanol–water partition coefficient (Wildman–Crippen LogP) is 3.35. The zero-order chi connectivity index (χ0) is 31.6. The fourth-order valence-corrected chi connectivity index (χ4v) is 7.43. The predicted molar refractivity (Wildman–Crippen MR) is 167 cm³/mol. The molecule has 1 aromatic carbocycles. The molecule has 3 saturated heterocycles. The summed E-state index contributed by atoms with van der Waals surface area (Å²) < 4.78 is 26.1. The quantitative estimate of drug-likeness (QED) is 0.361. The lowest BCUT2D eigenvalue weighted by Gasteiger charge is -2.52. The van der Waals surface area contributed by atoms with Gasteiger partial charge in [0.1, 0.15) is 29.1 Å². The summed E-state index contributed by atoms with van der Waals surface area (Å²) in [7, 11) is 3.11. The molecular weight excluding hydrogens is 579 g/mol. The number of nitrogens with one attached hydrogen (secondary N) is 3. The van der Waals surface area contributed by atoms with Crippen LogP contribution in [0.15, 0.2) is 30.5 Å². The largest absolute Gasteiger partial charge is 0.497 e. The lowest BCUT2D eigenvalue weighted by atomic mass is 9.60. The van der Waals surface area contributed by atoms with Gasteiger partial charge in [-0.15, -0.1) is 0 Å². The maximum atomic E-state index is 15.3. The highest BCUT2D eigenvalue weighted by atomic mass is 19.1. The molecule has 3 aliphatic heterocycles. The topological polar surface area (TPSA) is 125 Å². The first-order valence-corrected chi connectivity index (χ1v) is 16.0. The molecule has 3 N–H and O–H groups in total. The Bertz CT molecular complexity index is 1410. The molecule has 1 aromatic heterocycles. The van der Waals surface area contributed by atoms with Crippen molar-refractivity contribution in [2.75, 3.05) is 57.2 Å². The number of benzene rings is 1. The summed E-state index contributed by atoms with van der Waals surface area (Å²) in [4.78, 5) is 45.1. The van der Waals surface area contributed by atoms with Gasteiger partial charge >= 0.3 is 0 Å². The number of imide groups is 1. The number of amides is 3.